The fraction of sp³-hybridized carbons (Fsp3) is 0.733. The molecule has 0 aliphatic carbocycles. The molecule has 0 radical (unpaired) electrons. The zero-order chi connectivity index (χ0) is 14.2. The van der Waals surface area contributed by atoms with Crippen LogP contribution in [0, 0.1) is 5.92 Å². The predicted octanol–water partition coefficient (Wildman–Crippen LogP) is 2.99. The maximum absolute atomic E-state index is 11.8. The Morgan fingerprint density at radius 1 is 1.41 bits per heavy atom. The molecule has 0 unspecified atom stereocenters. The number of thiazole rings is 1. The van der Waals surface area contributed by atoms with Gasteiger partial charge in [0.2, 0.25) is 5.91 Å². The summed E-state index contributed by atoms with van der Waals surface area (Å²) < 4.78 is 0. The van der Waals surface area contributed by atoms with Gasteiger partial charge in [0.05, 0.1) is 10.7 Å². The lowest BCUT2D eigenvalue weighted by atomic mass is 9.93. The van der Waals surface area contributed by atoms with Crippen LogP contribution in [-0.2, 0) is 17.6 Å². The summed E-state index contributed by atoms with van der Waals surface area (Å²) in [5, 5.41) is 9.64. The summed E-state index contributed by atoms with van der Waals surface area (Å²) >= 11 is 1.71. The van der Waals surface area contributed by atoms with Crippen molar-refractivity contribution < 1.29 is 4.79 Å². The highest BCUT2D eigenvalue weighted by Crippen LogP contribution is 2.17. The van der Waals surface area contributed by atoms with E-state index < -0.39 is 0 Å². The minimum Gasteiger partial charge on any atom is -0.356 e. The largest absolute Gasteiger partial charge is 0.356 e. The van der Waals surface area contributed by atoms with Gasteiger partial charge in [-0.3, -0.25) is 4.79 Å². The van der Waals surface area contributed by atoms with Gasteiger partial charge >= 0.3 is 0 Å². The Balaban J connectivity index is 0.00000220. The monoisotopic (exact) mass is 367 g/mol. The molecule has 7 heteroatoms. The second kappa shape index (κ2) is 12.1. The van der Waals surface area contributed by atoms with Crippen molar-refractivity contribution in [2.45, 2.75) is 45.4 Å². The molecule has 2 N–H and O–H groups in total. The van der Waals surface area contributed by atoms with Gasteiger partial charge in [-0.25, -0.2) is 4.98 Å². The van der Waals surface area contributed by atoms with E-state index in [2.05, 4.69) is 27.9 Å². The molecular weight excluding hydrogens is 341 g/mol. The molecule has 0 aromatic carbocycles. The second-order valence-electron chi connectivity index (χ2n) is 5.42. The van der Waals surface area contributed by atoms with Crippen LogP contribution in [0.2, 0.25) is 0 Å². The molecule has 1 saturated heterocycles. The number of hydrogen-bond acceptors (Lipinski definition) is 4. The molecule has 1 amide bonds. The van der Waals surface area contributed by atoms with Crippen LogP contribution in [-0.4, -0.2) is 30.5 Å². The molecule has 0 atom stereocenters. The van der Waals surface area contributed by atoms with E-state index >= 15 is 0 Å². The van der Waals surface area contributed by atoms with E-state index in [4.69, 9.17) is 0 Å². The fourth-order valence-corrected chi connectivity index (χ4v) is 3.33. The van der Waals surface area contributed by atoms with Crippen LogP contribution in [0.1, 0.15) is 43.3 Å². The van der Waals surface area contributed by atoms with E-state index in [1.54, 1.807) is 11.3 Å². The summed E-state index contributed by atoms with van der Waals surface area (Å²) in [7, 11) is 0. The van der Waals surface area contributed by atoms with Gasteiger partial charge in [-0.1, -0.05) is 6.92 Å². The number of piperidine rings is 1. The van der Waals surface area contributed by atoms with Crippen LogP contribution in [0.25, 0.3) is 0 Å². The van der Waals surface area contributed by atoms with Crippen molar-refractivity contribution in [3.63, 3.8) is 0 Å². The summed E-state index contributed by atoms with van der Waals surface area (Å²) in [5.41, 5.74) is 1.10. The normalized spacial score (nSPS) is 14.8. The predicted molar refractivity (Wildman–Crippen MR) is 97.5 cm³/mol. The fourth-order valence-electron chi connectivity index (χ4n) is 2.55. The summed E-state index contributed by atoms with van der Waals surface area (Å²) in [6.07, 6.45) is 5.97. The van der Waals surface area contributed by atoms with Gasteiger partial charge in [0.15, 0.2) is 0 Å². The smallest absolute Gasteiger partial charge is 0.220 e. The first-order valence-electron chi connectivity index (χ1n) is 7.68. The summed E-state index contributed by atoms with van der Waals surface area (Å²) in [6.45, 7) is 5.04. The second-order valence-corrected chi connectivity index (χ2v) is 6.36. The number of carbonyl (C=O) groups excluding carboxylic acids is 1. The zero-order valence-corrected chi connectivity index (χ0v) is 15.5. The Labute approximate surface area is 149 Å². The van der Waals surface area contributed by atoms with Crippen LogP contribution in [0.5, 0.6) is 0 Å². The Hall–Kier alpha value is -0.360. The molecule has 22 heavy (non-hydrogen) atoms. The van der Waals surface area contributed by atoms with Crippen LogP contribution in [0.3, 0.4) is 0 Å². The molecule has 2 heterocycles. The first-order valence-corrected chi connectivity index (χ1v) is 8.56. The number of amides is 1. The SMILES string of the molecule is CCc1nc(CCNC(=O)CCC2CCNCC2)cs1.Cl.Cl. The number of rotatable bonds is 7. The summed E-state index contributed by atoms with van der Waals surface area (Å²) in [6, 6.07) is 0. The van der Waals surface area contributed by atoms with Crippen molar-refractivity contribution >= 4 is 42.1 Å². The minimum atomic E-state index is 0. The maximum Gasteiger partial charge on any atom is 0.220 e. The van der Waals surface area contributed by atoms with Crippen LogP contribution in [0.15, 0.2) is 5.38 Å². The summed E-state index contributed by atoms with van der Waals surface area (Å²) in [4.78, 5) is 16.3. The number of aromatic nitrogens is 1. The molecule has 0 spiro atoms. The molecule has 0 bridgehead atoms. The number of nitrogens with one attached hydrogen (secondary N) is 2. The lowest BCUT2D eigenvalue weighted by Crippen LogP contribution is -2.30. The average molecular weight is 368 g/mol. The quantitative estimate of drug-likeness (QED) is 0.778. The number of halogens is 2. The molecule has 1 aliphatic heterocycles. The lowest BCUT2D eigenvalue weighted by molar-refractivity contribution is -0.121. The number of carbonyl (C=O) groups is 1. The number of hydrogen-bond donors (Lipinski definition) is 2. The first-order chi connectivity index (χ1) is 9.78. The van der Waals surface area contributed by atoms with Crippen LogP contribution < -0.4 is 10.6 Å². The van der Waals surface area contributed by atoms with E-state index in [0.29, 0.717) is 13.0 Å². The highest BCUT2D eigenvalue weighted by Gasteiger charge is 2.14. The summed E-state index contributed by atoms with van der Waals surface area (Å²) in [5.74, 6) is 0.919. The van der Waals surface area contributed by atoms with Gasteiger partial charge in [-0.15, -0.1) is 36.2 Å². The van der Waals surface area contributed by atoms with Gasteiger partial charge in [-0.2, -0.15) is 0 Å². The van der Waals surface area contributed by atoms with Crippen LogP contribution >= 0.6 is 36.2 Å². The molecule has 128 valence electrons. The van der Waals surface area contributed by atoms with Crippen molar-refractivity contribution in [2.75, 3.05) is 19.6 Å². The van der Waals surface area contributed by atoms with Gasteiger partial charge in [0.25, 0.3) is 0 Å². The molecule has 1 fully saturated rings. The Morgan fingerprint density at radius 2 is 2.14 bits per heavy atom. The number of nitrogens with zero attached hydrogens (tertiary/aromatic N) is 1. The van der Waals surface area contributed by atoms with Gasteiger partial charge in [-0.05, 0) is 44.7 Å². The maximum atomic E-state index is 11.8. The molecule has 1 aromatic heterocycles. The van der Waals surface area contributed by atoms with Crippen molar-refractivity contribution in [2.24, 2.45) is 5.92 Å². The third kappa shape index (κ3) is 7.77. The molecule has 2 rings (SSSR count). The van der Waals surface area contributed by atoms with Crippen molar-refractivity contribution in [3.8, 4) is 0 Å². The van der Waals surface area contributed by atoms with E-state index in [1.807, 2.05) is 0 Å². The highest BCUT2D eigenvalue weighted by molar-refractivity contribution is 7.09. The van der Waals surface area contributed by atoms with E-state index in [-0.39, 0.29) is 30.7 Å². The molecule has 1 aliphatic rings. The average Bonchev–Trinajstić information content (AvgIpc) is 2.94. The molecule has 4 nitrogen and oxygen atoms in total. The minimum absolute atomic E-state index is 0. The Bertz CT molecular complexity index is 423. The van der Waals surface area contributed by atoms with Gasteiger partial charge in [0.1, 0.15) is 0 Å². The highest BCUT2D eigenvalue weighted by atomic mass is 35.5. The van der Waals surface area contributed by atoms with Gasteiger partial charge in [0, 0.05) is 24.8 Å². The first kappa shape index (κ1) is 21.6. The van der Waals surface area contributed by atoms with Crippen LogP contribution in [0.4, 0.5) is 0 Å². The standard InChI is InChI=1S/C15H25N3OS.2ClH/c1-2-15-18-13(11-20-15)7-10-17-14(19)4-3-12-5-8-16-9-6-12;;/h11-12,16H,2-10H2,1H3,(H,17,19);2*1H. The Kier molecular flexibility index (Phi) is 11.9. The third-order valence-corrected chi connectivity index (χ3v) is 4.89. The third-order valence-electron chi connectivity index (χ3n) is 3.84. The van der Waals surface area contributed by atoms with Crippen molar-refractivity contribution in [1.29, 1.82) is 0 Å². The Morgan fingerprint density at radius 3 is 2.77 bits per heavy atom. The molecule has 0 saturated carbocycles. The molecular formula is C15H27Cl2N3OS. The van der Waals surface area contributed by atoms with Crippen molar-refractivity contribution in [1.82, 2.24) is 15.6 Å². The number of aryl methyl sites for hydroxylation is 1. The topological polar surface area (TPSA) is 54.0 Å². The van der Waals surface area contributed by atoms with Crippen molar-refractivity contribution in [3.05, 3.63) is 16.1 Å². The van der Waals surface area contributed by atoms with E-state index in [1.165, 1.54) is 17.8 Å². The lowest BCUT2D eigenvalue weighted by Gasteiger charge is -2.22. The van der Waals surface area contributed by atoms with Gasteiger partial charge < -0.3 is 10.6 Å². The zero-order valence-electron chi connectivity index (χ0n) is 13.1. The molecule has 1 aromatic rings. The van der Waals surface area contributed by atoms with E-state index in [0.717, 1.165) is 44.0 Å². The van der Waals surface area contributed by atoms with E-state index in [9.17, 15) is 4.79 Å².